The molecule has 0 aliphatic carbocycles. The third-order valence-electron chi connectivity index (χ3n) is 5.03. The first kappa shape index (κ1) is 21.4. The van der Waals surface area contributed by atoms with Crippen molar-refractivity contribution >= 4 is 35.1 Å². The molecule has 0 spiro atoms. The second kappa shape index (κ2) is 8.62. The van der Waals surface area contributed by atoms with E-state index in [4.69, 9.17) is 21.1 Å². The van der Waals surface area contributed by atoms with Gasteiger partial charge in [0.2, 0.25) is 5.91 Å². The maximum atomic E-state index is 13.1. The van der Waals surface area contributed by atoms with Gasteiger partial charge in [-0.2, -0.15) is 0 Å². The predicted octanol–water partition coefficient (Wildman–Crippen LogP) is 3.15. The lowest BCUT2D eigenvalue weighted by Gasteiger charge is -2.25. The molecule has 2 N–H and O–H groups in total. The van der Waals surface area contributed by atoms with E-state index in [0.717, 1.165) is 4.90 Å². The number of imide groups is 1. The molecule has 0 saturated carbocycles. The number of amides is 4. The van der Waals surface area contributed by atoms with Crippen LogP contribution in [0.1, 0.15) is 18.9 Å². The molecule has 8 nitrogen and oxygen atoms in total. The Morgan fingerprint density at radius 2 is 1.83 bits per heavy atom. The van der Waals surface area contributed by atoms with E-state index in [1.54, 1.807) is 49.4 Å². The van der Waals surface area contributed by atoms with E-state index in [2.05, 4.69) is 10.6 Å². The summed E-state index contributed by atoms with van der Waals surface area (Å²) in [6, 6.07) is 10.9. The van der Waals surface area contributed by atoms with Crippen molar-refractivity contribution in [1.82, 2.24) is 10.2 Å². The molecule has 1 saturated heterocycles. The summed E-state index contributed by atoms with van der Waals surface area (Å²) in [5, 5.41) is 5.92. The lowest BCUT2D eigenvalue weighted by Crippen LogP contribution is -2.44. The Morgan fingerprint density at radius 3 is 2.43 bits per heavy atom. The fourth-order valence-corrected chi connectivity index (χ4v) is 3.50. The minimum atomic E-state index is -1.24. The zero-order valence-corrected chi connectivity index (χ0v) is 17.6. The highest BCUT2D eigenvalue weighted by molar-refractivity contribution is 6.30. The fourth-order valence-electron chi connectivity index (χ4n) is 3.38. The first-order chi connectivity index (χ1) is 14.3. The number of ether oxygens (including phenoxy) is 2. The number of nitrogens with one attached hydrogen (secondary N) is 2. The molecule has 0 unspecified atom stereocenters. The number of carbonyl (C=O) groups excluding carboxylic acids is 3. The Hall–Kier alpha value is -3.26. The van der Waals surface area contributed by atoms with Crippen molar-refractivity contribution in [3.63, 3.8) is 0 Å². The van der Waals surface area contributed by atoms with Gasteiger partial charge in [0.1, 0.15) is 23.6 Å². The third-order valence-corrected chi connectivity index (χ3v) is 5.28. The summed E-state index contributed by atoms with van der Waals surface area (Å²) in [7, 11) is 2.98. The van der Waals surface area contributed by atoms with Gasteiger partial charge in [0, 0.05) is 11.1 Å². The van der Waals surface area contributed by atoms with E-state index >= 15 is 0 Å². The molecule has 3 rings (SSSR count). The summed E-state index contributed by atoms with van der Waals surface area (Å²) in [5.41, 5.74) is -0.234. The normalized spacial score (nSPS) is 18.2. The van der Waals surface area contributed by atoms with Crippen molar-refractivity contribution in [1.29, 1.82) is 0 Å². The summed E-state index contributed by atoms with van der Waals surface area (Å²) in [6.07, 6.45) is 0.323. The zero-order valence-electron chi connectivity index (χ0n) is 16.8. The quantitative estimate of drug-likeness (QED) is 0.656. The van der Waals surface area contributed by atoms with E-state index in [1.165, 1.54) is 14.2 Å². The summed E-state index contributed by atoms with van der Waals surface area (Å²) in [5.74, 6) is -0.0715. The van der Waals surface area contributed by atoms with Crippen LogP contribution in [-0.4, -0.2) is 43.5 Å². The Balaban J connectivity index is 1.78. The van der Waals surface area contributed by atoms with Gasteiger partial charge in [0.25, 0.3) is 5.91 Å². The average Bonchev–Trinajstić information content (AvgIpc) is 2.99. The van der Waals surface area contributed by atoms with Crippen molar-refractivity contribution in [2.45, 2.75) is 18.9 Å². The molecule has 2 aromatic carbocycles. The number of carbonyl (C=O) groups is 3. The highest BCUT2D eigenvalue weighted by Gasteiger charge is 2.51. The van der Waals surface area contributed by atoms with Crippen LogP contribution in [-0.2, 0) is 15.1 Å². The van der Waals surface area contributed by atoms with E-state index in [9.17, 15) is 14.4 Å². The monoisotopic (exact) mass is 431 g/mol. The van der Waals surface area contributed by atoms with Crippen LogP contribution in [0.15, 0.2) is 42.5 Å². The number of nitrogens with zero attached hydrogens (tertiary/aromatic N) is 1. The van der Waals surface area contributed by atoms with Gasteiger partial charge in [-0.1, -0.05) is 30.7 Å². The Bertz CT molecular complexity index is 979. The van der Waals surface area contributed by atoms with Gasteiger partial charge in [-0.15, -0.1) is 0 Å². The molecule has 158 valence electrons. The maximum absolute atomic E-state index is 13.1. The summed E-state index contributed by atoms with van der Waals surface area (Å²) in [6.45, 7) is 1.35. The van der Waals surface area contributed by atoms with Crippen molar-refractivity contribution in [3.8, 4) is 11.5 Å². The van der Waals surface area contributed by atoms with Gasteiger partial charge in [0.05, 0.1) is 19.9 Å². The molecule has 30 heavy (non-hydrogen) atoms. The minimum Gasteiger partial charge on any atom is -0.497 e. The van der Waals surface area contributed by atoms with Crippen molar-refractivity contribution in [2.24, 2.45) is 0 Å². The van der Waals surface area contributed by atoms with Crippen molar-refractivity contribution in [3.05, 3.63) is 53.1 Å². The van der Waals surface area contributed by atoms with Gasteiger partial charge >= 0.3 is 6.03 Å². The predicted molar refractivity (Wildman–Crippen MR) is 112 cm³/mol. The van der Waals surface area contributed by atoms with Crippen molar-refractivity contribution in [2.75, 3.05) is 26.1 Å². The first-order valence-corrected chi connectivity index (χ1v) is 9.64. The lowest BCUT2D eigenvalue weighted by atomic mass is 9.87. The number of hydrogen-bond acceptors (Lipinski definition) is 5. The molecule has 1 heterocycles. The summed E-state index contributed by atoms with van der Waals surface area (Å²) >= 11 is 5.94. The van der Waals surface area contributed by atoms with Crippen LogP contribution in [0.5, 0.6) is 11.5 Å². The van der Waals surface area contributed by atoms with Crippen LogP contribution < -0.4 is 20.1 Å². The number of hydrogen-bond donors (Lipinski definition) is 2. The smallest absolute Gasteiger partial charge is 0.325 e. The molecule has 4 amide bonds. The molecule has 1 fully saturated rings. The number of urea groups is 1. The van der Waals surface area contributed by atoms with E-state index in [1.807, 2.05) is 0 Å². The molecule has 0 aromatic heterocycles. The van der Waals surface area contributed by atoms with Crippen LogP contribution in [0.2, 0.25) is 5.02 Å². The van der Waals surface area contributed by atoms with E-state index in [-0.39, 0.29) is 0 Å². The molecule has 1 atom stereocenters. The zero-order chi connectivity index (χ0) is 21.9. The van der Waals surface area contributed by atoms with Crippen LogP contribution in [0, 0.1) is 0 Å². The Labute approximate surface area is 179 Å². The van der Waals surface area contributed by atoms with E-state index in [0.29, 0.717) is 34.2 Å². The largest absolute Gasteiger partial charge is 0.497 e. The van der Waals surface area contributed by atoms with Gasteiger partial charge in [-0.05, 0) is 36.2 Å². The highest BCUT2D eigenvalue weighted by atomic mass is 35.5. The Morgan fingerprint density at radius 1 is 1.13 bits per heavy atom. The molecule has 1 aliphatic heterocycles. The SMILES string of the molecule is CC[C@]1(c2ccc(Cl)cc2)NC(=O)N(CC(=O)Nc2ccc(OC)cc2OC)C1=O. The third kappa shape index (κ3) is 3.91. The van der Waals surface area contributed by atoms with Crippen LogP contribution in [0.3, 0.4) is 0 Å². The maximum Gasteiger partial charge on any atom is 0.325 e. The molecule has 1 aliphatic rings. The summed E-state index contributed by atoms with van der Waals surface area (Å²) in [4.78, 5) is 39.2. The number of anilines is 1. The second-order valence-corrected chi connectivity index (χ2v) is 7.14. The molecular weight excluding hydrogens is 410 g/mol. The molecule has 0 radical (unpaired) electrons. The number of rotatable bonds is 7. The van der Waals surface area contributed by atoms with Crippen LogP contribution in [0.25, 0.3) is 0 Å². The minimum absolute atomic E-state index is 0.323. The van der Waals surface area contributed by atoms with Crippen LogP contribution >= 0.6 is 11.6 Å². The average molecular weight is 432 g/mol. The molecule has 2 aromatic rings. The van der Waals surface area contributed by atoms with Gasteiger partial charge < -0.3 is 20.1 Å². The van der Waals surface area contributed by atoms with E-state index < -0.39 is 29.9 Å². The first-order valence-electron chi connectivity index (χ1n) is 9.26. The van der Waals surface area contributed by atoms with Gasteiger partial charge in [-0.25, -0.2) is 4.79 Å². The lowest BCUT2D eigenvalue weighted by molar-refractivity contribution is -0.134. The number of halogens is 1. The number of benzene rings is 2. The highest BCUT2D eigenvalue weighted by Crippen LogP contribution is 2.33. The van der Waals surface area contributed by atoms with Crippen LogP contribution in [0.4, 0.5) is 10.5 Å². The Kier molecular flexibility index (Phi) is 6.17. The molecular formula is C21H22ClN3O5. The number of methoxy groups -OCH3 is 2. The molecule has 0 bridgehead atoms. The van der Waals surface area contributed by atoms with Gasteiger partial charge in [0.15, 0.2) is 0 Å². The topological polar surface area (TPSA) is 97.0 Å². The fraction of sp³-hybridized carbons (Fsp3) is 0.286. The second-order valence-electron chi connectivity index (χ2n) is 6.70. The van der Waals surface area contributed by atoms with Gasteiger partial charge in [-0.3, -0.25) is 14.5 Å². The molecule has 9 heteroatoms. The van der Waals surface area contributed by atoms with Crippen molar-refractivity contribution < 1.29 is 23.9 Å². The standard InChI is InChI=1S/C21H22ClN3O5/c1-4-21(13-5-7-14(22)8-6-13)19(27)25(20(28)24-21)12-18(26)23-16-10-9-15(29-2)11-17(16)30-3/h5-11H,4,12H2,1-3H3,(H,23,26)(H,24,28)/t21-/m1/s1. The summed E-state index contributed by atoms with van der Waals surface area (Å²) < 4.78 is 10.4.